The van der Waals surface area contributed by atoms with Crippen LogP contribution in [0.25, 0.3) is 0 Å². The van der Waals surface area contributed by atoms with Gasteiger partial charge >= 0.3 is 0 Å². The summed E-state index contributed by atoms with van der Waals surface area (Å²) >= 11 is 5.80. The molecule has 2 amide bonds. The molecule has 0 aromatic heterocycles. The van der Waals surface area contributed by atoms with Crippen molar-refractivity contribution < 1.29 is 14.5 Å². The summed E-state index contributed by atoms with van der Waals surface area (Å²) in [4.78, 5) is 25.5. The highest BCUT2D eigenvalue weighted by Crippen LogP contribution is 2.11. The molecule has 0 aliphatic carbocycles. The van der Waals surface area contributed by atoms with Crippen LogP contribution in [0.5, 0.6) is 0 Å². The highest BCUT2D eigenvalue weighted by molar-refractivity contribution is 6.30. The van der Waals surface area contributed by atoms with Crippen LogP contribution in [0.3, 0.4) is 0 Å². The fourth-order valence-electron chi connectivity index (χ4n) is 2.46. The van der Waals surface area contributed by atoms with E-state index in [1.54, 1.807) is 24.3 Å². The molecule has 0 aliphatic heterocycles. The van der Waals surface area contributed by atoms with Gasteiger partial charge in [-0.25, -0.2) is 0 Å². The topological polar surface area (TPSA) is 62.6 Å². The van der Waals surface area contributed by atoms with Gasteiger partial charge in [0.05, 0.1) is 20.6 Å². The predicted molar refractivity (Wildman–Crippen MR) is 98.8 cm³/mol. The van der Waals surface area contributed by atoms with E-state index in [2.05, 4.69) is 10.6 Å². The van der Waals surface area contributed by atoms with Crippen LogP contribution in [0, 0.1) is 0 Å². The lowest BCUT2D eigenvalue weighted by molar-refractivity contribution is -0.860. The summed E-state index contributed by atoms with van der Waals surface area (Å²) in [7, 11) is 4.06. The third-order valence-electron chi connectivity index (χ3n) is 3.67. The van der Waals surface area contributed by atoms with Crippen LogP contribution >= 0.6 is 11.6 Å². The zero-order valence-electron chi connectivity index (χ0n) is 14.4. The number of quaternary nitrogens is 1. The predicted octanol–water partition coefficient (Wildman–Crippen LogP) is 1.07. The summed E-state index contributed by atoms with van der Waals surface area (Å²) in [5, 5.41) is 6.17. The highest BCUT2D eigenvalue weighted by Gasteiger charge is 2.18. The minimum absolute atomic E-state index is 0.0758. The Kier molecular flexibility index (Phi) is 6.98. The van der Waals surface area contributed by atoms with E-state index >= 15 is 0 Å². The first-order valence-corrected chi connectivity index (χ1v) is 8.50. The van der Waals surface area contributed by atoms with Crippen LogP contribution < -0.4 is 15.5 Å². The van der Waals surface area contributed by atoms with Crippen molar-refractivity contribution in [3.8, 4) is 0 Å². The maximum Gasteiger partial charge on any atom is 0.251 e. The van der Waals surface area contributed by atoms with Gasteiger partial charge < -0.3 is 15.5 Å². The third-order valence-corrected chi connectivity index (χ3v) is 3.92. The summed E-state index contributed by atoms with van der Waals surface area (Å²) in [5.41, 5.74) is 1.51. The molecule has 25 heavy (non-hydrogen) atoms. The number of nitrogens with one attached hydrogen (secondary N) is 3. The van der Waals surface area contributed by atoms with Crippen molar-refractivity contribution in [3.63, 3.8) is 0 Å². The Morgan fingerprint density at radius 1 is 1.04 bits per heavy atom. The molecular formula is C19H23ClN3O2+. The van der Waals surface area contributed by atoms with Gasteiger partial charge in [-0.05, 0) is 29.8 Å². The molecule has 0 bridgehead atoms. The van der Waals surface area contributed by atoms with Crippen LogP contribution in [0.4, 0.5) is 0 Å². The van der Waals surface area contributed by atoms with Gasteiger partial charge in [0, 0.05) is 10.6 Å². The van der Waals surface area contributed by atoms with E-state index in [1.807, 2.05) is 44.4 Å². The Bertz CT molecular complexity index is 702. The van der Waals surface area contributed by atoms with Crippen molar-refractivity contribution >= 4 is 23.4 Å². The Labute approximate surface area is 153 Å². The van der Waals surface area contributed by atoms with Crippen molar-refractivity contribution in [2.24, 2.45) is 0 Å². The molecule has 5 nitrogen and oxygen atoms in total. The summed E-state index contributed by atoms with van der Waals surface area (Å²) in [5.74, 6) is -0.529. The number of benzene rings is 2. The lowest BCUT2D eigenvalue weighted by Crippen LogP contribution is -3.06. The largest absolute Gasteiger partial charge is 0.343 e. The van der Waals surface area contributed by atoms with Crippen LogP contribution in [0.1, 0.15) is 22.0 Å². The number of halogens is 1. The fourth-order valence-corrected chi connectivity index (χ4v) is 2.58. The van der Waals surface area contributed by atoms with Crippen molar-refractivity contribution in [2.45, 2.75) is 6.04 Å². The first-order chi connectivity index (χ1) is 12.0. The number of likely N-dealkylation sites (N-methyl/N-ethyl adjacent to an activating group) is 1. The monoisotopic (exact) mass is 360 g/mol. The lowest BCUT2D eigenvalue weighted by Gasteiger charge is -2.21. The van der Waals surface area contributed by atoms with Crippen LogP contribution in [0.2, 0.25) is 5.02 Å². The molecule has 1 atom stereocenters. The van der Waals surface area contributed by atoms with E-state index in [9.17, 15) is 9.59 Å². The average Bonchev–Trinajstić information content (AvgIpc) is 2.60. The number of carbonyl (C=O) groups is 2. The second kappa shape index (κ2) is 9.20. The number of hydrogen-bond acceptors (Lipinski definition) is 2. The number of rotatable bonds is 7. The number of hydrogen-bond donors (Lipinski definition) is 3. The van der Waals surface area contributed by atoms with Crippen LogP contribution in [0.15, 0.2) is 54.6 Å². The van der Waals surface area contributed by atoms with E-state index < -0.39 is 0 Å². The lowest BCUT2D eigenvalue weighted by atomic mass is 10.1. The van der Waals surface area contributed by atoms with Gasteiger partial charge in [-0.15, -0.1) is 0 Å². The summed E-state index contributed by atoms with van der Waals surface area (Å²) < 4.78 is 0. The van der Waals surface area contributed by atoms with Gasteiger partial charge in [-0.1, -0.05) is 41.9 Å². The first kappa shape index (κ1) is 19.0. The Morgan fingerprint density at radius 2 is 1.68 bits per heavy atom. The van der Waals surface area contributed by atoms with Crippen molar-refractivity contribution in [3.05, 3.63) is 70.7 Å². The van der Waals surface area contributed by atoms with E-state index in [0.717, 1.165) is 12.1 Å². The third kappa shape index (κ3) is 6.21. The minimum Gasteiger partial charge on any atom is -0.343 e. The second-order valence-corrected chi connectivity index (χ2v) is 6.57. The van der Waals surface area contributed by atoms with Gasteiger partial charge in [0.15, 0.2) is 0 Å². The van der Waals surface area contributed by atoms with E-state index in [1.165, 1.54) is 4.90 Å². The zero-order chi connectivity index (χ0) is 18.2. The quantitative estimate of drug-likeness (QED) is 0.691. The summed E-state index contributed by atoms with van der Waals surface area (Å²) in [6.07, 6.45) is 0. The van der Waals surface area contributed by atoms with Crippen molar-refractivity contribution in [1.82, 2.24) is 10.6 Å². The molecule has 0 saturated heterocycles. The van der Waals surface area contributed by atoms with Gasteiger partial charge in [0.2, 0.25) is 5.91 Å². The molecule has 0 aliphatic rings. The van der Waals surface area contributed by atoms with Gasteiger partial charge in [-0.2, -0.15) is 0 Å². The molecule has 2 aromatic rings. The van der Waals surface area contributed by atoms with Crippen molar-refractivity contribution in [1.29, 1.82) is 0 Å². The molecule has 3 N–H and O–H groups in total. The minimum atomic E-state index is -0.304. The molecule has 0 unspecified atom stereocenters. The Balaban J connectivity index is 1.92. The molecule has 0 spiro atoms. The Hall–Kier alpha value is -2.37. The number of carbonyl (C=O) groups excluding carboxylic acids is 2. The maximum atomic E-state index is 12.2. The zero-order valence-corrected chi connectivity index (χ0v) is 15.1. The normalized spacial score (nSPS) is 11.8. The molecule has 0 heterocycles. The van der Waals surface area contributed by atoms with Crippen molar-refractivity contribution in [2.75, 3.05) is 27.2 Å². The molecule has 0 radical (unpaired) electrons. The summed E-state index contributed by atoms with van der Waals surface area (Å²) in [6, 6.07) is 16.2. The molecule has 6 heteroatoms. The summed E-state index contributed by atoms with van der Waals surface area (Å²) in [6.45, 7) is 0.675. The van der Waals surface area contributed by atoms with E-state index in [-0.39, 0.29) is 24.4 Å². The molecular weight excluding hydrogens is 338 g/mol. The standard InChI is InChI=1S/C19H22ClN3O2/c1-23(2)13-17(14-6-4-3-5-7-14)22-18(24)12-21-19(25)15-8-10-16(20)11-9-15/h3-11,17H,12-13H2,1-2H3,(H,21,25)(H,22,24)/p+1/t17-/m1/s1. The van der Waals surface area contributed by atoms with Gasteiger partial charge in [0.25, 0.3) is 5.91 Å². The van der Waals surface area contributed by atoms with Crippen LogP contribution in [-0.2, 0) is 4.79 Å². The molecule has 0 fully saturated rings. The van der Waals surface area contributed by atoms with Gasteiger partial charge in [0.1, 0.15) is 12.6 Å². The Morgan fingerprint density at radius 3 is 2.28 bits per heavy atom. The maximum absolute atomic E-state index is 12.2. The average molecular weight is 361 g/mol. The molecule has 0 saturated carbocycles. The van der Waals surface area contributed by atoms with Crippen LogP contribution in [-0.4, -0.2) is 39.0 Å². The molecule has 132 valence electrons. The first-order valence-electron chi connectivity index (χ1n) is 8.13. The molecule has 2 aromatic carbocycles. The highest BCUT2D eigenvalue weighted by atomic mass is 35.5. The second-order valence-electron chi connectivity index (χ2n) is 6.13. The molecule has 2 rings (SSSR count). The number of amides is 2. The SMILES string of the molecule is C[NH+](C)C[C@@H](NC(=O)CNC(=O)c1ccc(Cl)cc1)c1ccccc1. The van der Waals surface area contributed by atoms with Gasteiger partial charge in [-0.3, -0.25) is 9.59 Å². The van der Waals surface area contributed by atoms with E-state index in [4.69, 9.17) is 11.6 Å². The smallest absolute Gasteiger partial charge is 0.251 e. The fraction of sp³-hybridized carbons (Fsp3) is 0.263. The van der Waals surface area contributed by atoms with E-state index in [0.29, 0.717) is 10.6 Å².